The zero-order valence-corrected chi connectivity index (χ0v) is 22.2. The Hall–Kier alpha value is -4.96. The summed E-state index contributed by atoms with van der Waals surface area (Å²) in [5.74, 6) is 7.23. The molecule has 1 fully saturated rings. The number of hydrogen-bond donors (Lipinski definition) is 0. The average molecular weight is 538 g/mol. The molecule has 5 heterocycles. The predicted molar refractivity (Wildman–Crippen MR) is 148 cm³/mol. The number of hydrogen-bond acceptors (Lipinski definition) is 7. The van der Waals surface area contributed by atoms with E-state index in [4.69, 9.17) is 9.72 Å². The van der Waals surface area contributed by atoms with E-state index in [1.165, 1.54) is 12.3 Å². The van der Waals surface area contributed by atoms with Crippen LogP contribution in [-0.4, -0.2) is 63.2 Å². The number of carbonyl (C=O) groups is 1. The number of halogens is 1. The first-order valence-corrected chi connectivity index (χ1v) is 13.1. The third-order valence-corrected chi connectivity index (χ3v) is 6.68. The Labute approximate surface area is 231 Å². The molecule has 40 heavy (non-hydrogen) atoms. The molecular formula is C30H28FN7O2. The summed E-state index contributed by atoms with van der Waals surface area (Å²) in [6.45, 7) is 5.05. The minimum Gasteiger partial charge on any atom is -0.492 e. The van der Waals surface area contributed by atoms with Crippen molar-refractivity contribution in [2.24, 2.45) is 0 Å². The summed E-state index contributed by atoms with van der Waals surface area (Å²) < 4.78 is 20.3. The van der Waals surface area contributed by atoms with Crippen LogP contribution in [0.15, 0.2) is 55.1 Å². The number of piperazine rings is 1. The lowest BCUT2D eigenvalue weighted by molar-refractivity contribution is -0.131. The second kappa shape index (κ2) is 12.3. The van der Waals surface area contributed by atoms with Gasteiger partial charge < -0.3 is 14.5 Å². The molecule has 4 aromatic rings. The molecule has 1 amide bonds. The van der Waals surface area contributed by atoms with Crippen LogP contribution in [-0.2, 0) is 11.2 Å². The Morgan fingerprint density at radius 1 is 1.07 bits per heavy atom. The molecule has 0 N–H and O–H groups in total. The third kappa shape index (κ3) is 6.02. The fourth-order valence-corrected chi connectivity index (χ4v) is 4.64. The van der Waals surface area contributed by atoms with Gasteiger partial charge in [-0.1, -0.05) is 5.92 Å². The minimum absolute atomic E-state index is 0.0875. The number of fused-ring (bicyclic) bond motifs is 1. The molecule has 4 aromatic heterocycles. The summed E-state index contributed by atoms with van der Waals surface area (Å²) in [5.41, 5.74) is 3.59. The fraction of sp³-hybridized carbons (Fsp3) is 0.300. The fourth-order valence-electron chi connectivity index (χ4n) is 4.64. The molecule has 1 aliphatic rings. The van der Waals surface area contributed by atoms with Crippen molar-refractivity contribution in [2.75, 3.05) is 37.7 Å². The van der Waals surface area contributed by atoms with Crippen LogP contribution in [0.25, 0.3) is 16.6 Å². The van der Waals surface area contributed by atoms with Crippen molar-refractivity contribution in [3.8, 4) is 34.8 Å². The van der Waals surface area contributed by atoms with Gasteiger partial charge in [-0.15, -0.1) is 5.92 Å². The van der Waals surface area contributed by atoms with Crippen LogP contribution < -0.4 is 9.64 Å². The smallest absolute Gasteiger partial charge is 0.223 e. The third-order valence-electron chi connectivity index (χ3n) is 6.68. The molecule has 0 aliphatic carbocycles. The number of nitrogens with zero attached hydrogens (tertiary/aromatic N) is 7. The normalized spacial score (nSPS) is 13.0. The molecule has 5 rings (SSSR count). The SMILES string of the molecule is CCOc1cc(-c2ccc(N3CCN(C(=O)CCC#CCc4ccc(F)cn4)CC3)nc2)c2c(C#N)cnn2c1. The molecule has 1 saturated heterocycles. The zero-order valence-electron chi connectivity index (χ0n) is 22.2. The monoisotopic (exact) mass is 537 g/mol. The Balaban J connectivity index is 1.17. The summed E-state index contributed by atoms with van der Waals surface area (Å²) in [7, 11) is 0. The lowest BCUT2D eigenvalue weighted by atomic mass is 10.1. The Morgan fingerprint density at radius 2 is 1.93 bits per heavy atom. The first-order valence-electron chi connectivity index (χ1n) is 13.1. The Kier molecular flexibility index (Phi) is 8.17. The summed E-state index contributed by atoms with van der Waals surface area (Å²) in [6.07, 6.45) is 7.57. The number of anilines is 1. The van der Waals surface area contributed by atoms with Gasteiger partial charge in [0.05, 0.1) is 48.4 Å². The van der Waals surface area contributed by atoms with Gasteiger partial charge >= 0.3 is 0 Å². The van der Waals surface area contributed by atoms with Crippen LogP contribution in [0.2, 0.25) is 0 Å². The standard InChI is InChI=1S/C30H28FN7O2/c1-2-40-26-16-27(30-23(17-32)19-35-38(30)21-26)22-8-11-28(34-18-22)36-12-14-37(15-13-36)29(39)7-5-3-4-6-25-10-9-24(31)20-33-25/h8-11,16,18-21H,2,5-7,12-15H2,1H3. The molecular weight excluding hydrogens is 509 g/mol. The molecule has 10 heteroatoms. The molecule has 0 bridgehead atoms. The molecule has 202 valence electrons. The number of pyridine rings is 3. The molecule has 0 spiro atoms. The Bertz CT molecular complexity index is 1590. The molecule has 1 aliphatic heterocycles. The van der Waals surface area contributed by atoms with E-state index in [-0.39, 0.29) is 11.7 Å². The van der Waals surface area contributed by atoms with Crippen molar-refractivity contribution >= 4 is 17.2 Å². The predicted octanol–water partition coefficient (Wildman–Crippen LogP) is 3.88. The van der Waals surface area contributed by atoms with E-state index in [0.29, 0.717) is 74.6 Å². The first kappa shape index (κ1) is 26.6. The number of nitriles is 1. The number of aromatic nitrogens is 4. The van der Waals surface area contributed by atoms with Crippen LogP contribution in [0.1, 0.15) is 31.0 Å². The van der Waals surface area contributed by atoms with Gasteiger partial charge in [0.1, 0.15) is 23.5 Å². The van der Waals surface area contributed by atoms with Crippen LogP contribution in [0, 0.1) is 29.0 Å². The highest BCUT2D eigenvalue weighted by Gasteiger charge is 2.22. The largest absolute Gasteiger partial charge is 0.492 e. The van der Waals surface area contributed by atoms with Gasteiger partial charge in [0.2, 0.25) is 5.91 Å². The van der Waals surface area contributed by atoms with Crippen LogP contribution >= 0.6 is 0 Å². The maximum absolute atomic E-state index is 12.9. The van der Waals surface area contributed by atoms with Gasteiger partial charge in [0, 0.05) is 56.3 Å². The molecule has 0 unspecified atom stereocenters. The van der Waals surface area contributed by atoms with Crippen LogP contribution in [0.5, 0.6) is 5.75 Å². The minimum atomic E-state index is -0.370. The van der Waals surface area contributed by atoms with Crippen molar-refractivity contribution in [1.29, 1.82) is 5.26 Å². The highest BCUT2D eigenvalue weighted by molar-refractivity contribution is 5.85. The van der Waals surface area contributed by atoms with Crippen molar-refractivity contribution in [1.82, 2.24) is 24.5 Å². The highest BCUT2D eigenvalue weighted by Crippen LogP contribution is 2.31. The first-order chi connectivity index (χ1) is 19.6. The lowest BCUT2D eigenvalue weighted by Crippen LogP contribution is -2.49. The van der Waals surface area contributed by atoms with E-state index in [1.54, 1.807) is 29.2 Å². The van der Waals surface area contributed by atoms with Gasteiger partial charge in [0.25, 0.3) is 0 Å². The number of carbonyl (C=O) groups excluding carboxylic acids is 1. The van der Waals surface area contributed by atoms with Crippen LogP contribution in [0.3, 0.4) is 0 Å². The number of rotatable bonds is 7. The molecule has 0 atom stereocenters. The highest BCUT2D eigenvalue weighted by atomic mass is 19.1. The van der Waals surface area contributed by atoms with Gasteiger partial charge in [0.15, 0.2) is 0 Å². The van der Waals surface area contributed by atoms with E-state index >= 15 is 0 Å². The second-order valence-electron chi connectivity index (χ2n) is 9.26. The molecule has 0 aromatic carbocycles. The van der Waals surface area contributed by atoms with Gasteiger partial charge in [-0.3, -0.25) is 9.78 Å². The van der Waals surface area contributed by atoms with Crippen molar-refractivity contribution in [3.05, 3.63) is 72.2 Å². The molecule has 9 nitrogen and oxygen atoms in total. The molecule has 0 radical (unpaired) electrons. The average Bonchev–Trinajstić information content (AvgIpc) is 3.41. The summed E-state index contributed by atoms with van der Waals surface area (Å²) >= 11 is 0. The van der Waals surface area contributed by atoms with E-state index in [9.17, 15) is 14.4 Å². The Morgan fingerprint density at radius 3 is 2.62 bits per heavy atom. The van der Waals surface area contributed by atoms with Crippen molar-refractivity contribution in [3.63, 3.8) is 0 Å². The quantitative estimate of drug-likeness (QED) is 0.330. The van der Waals surface area contributed by atoms with E-state index in [2.05, 4.69) is 32.9 Å². The van der Waals surface area contributed by atoms with Crippen molar-refractivity contribution in [2.45, 2.75) is 26.2 Å². The van der Waals surface area contributed by atoms with E-state index < -0.39 is 0 Å². The van der Waals surface area contributed by atoms with Crippen LogP contribution in [0.4, 0.5) is 10.2 Å². The van der Waals surface area contributed by atoms with Crippen molar-refractivity contribution < 1.29 is 13.9 Å². The maximum Gasteiger partial charge on any atom is 0.223 e. The topological polar surface area (TPSA) is 99.6 Å². The summed E-state index contributed by atoms with van der Waals surface area (Å²) in [5, 5.41) is 13.9. The van der Waals surface area contributed by atoms with Gasteiger partial charge in [-0.25, -0.2) is 13.9 Å². The maximum atomic E-state index is 12.9. The lowest BCUT2D eigenvalue weighted by Gasteiger charge is -2.35. The number of amides is 1. The van der Waals surface area contributed by atoms with Gasteiger partial charge in [-0.05, 0) is 37.3 Å². The summed E-state index contributed by atoms with van der Waals surface area (Å²) in [6, 6.07) is 11.0. The summed E-state index contributed by atoms with van der Waals surface area (Å²) in [4.78, 5) is 25.4. The number of ether oxygens (including phenoxy) is 1. The van der Waals surface area contributed by atoms with E-state index in [1.807, 2.05) is 30.0 Å². The molecule has 0 saturated carbocycles. The van der Waals surface area contributed by atoms with Gasteiger partial charge in [-0.2, -0.15) is 10.4 Å². The second-order valence-corrected chi connectivity index (χ2v) is 9.26. The zero-order chi connectivity index (χ0) is 27.9. The van der Waals surface area contributed by atoms with E-state index in [0.717, 1.165) is 16.9 Å².